The van der Waals surface area contributed by atoms with Gasteiger partial charge in [-0.3, -0.25) is 4.79 Å². The molecule has 7 nitrogen and oxygen atoms in total. The van der Waals surface area contributed by atoms with Crippen LogP contribution in [0.15, 0.2) is 29.1 Å². The van der Waals surface area contributed by atoms with E-state index in [0.717, 1.165) is 29.9 Å². The highest BCUT2D eigenvalue weighted by molar-refractivity contribution is 7.42. The third-order valence-electron chi connectivity index (χ3n) is 5.18. The number of ether oxygens (including phenoxy) is 1. The van der Waals surface area contributed by atoms with E-state index in [0.29, 0.717) is 42.8 Å². The molecule has 0 amide bonds. The summed E-state index contributed by atoms with van der Waals surface area (Å²) in [5.74, 6) is 0.103. The van der Waals surface area contributed by atoms with Gasteiger partial charge >= 0.3 is 5.97 Å². The molecule has 3 heterocycles. The Kier molecular flexibility index (Phi) is 6.92. The average Bonchev–Trinajstić information content (AvgIpc) is 3.32. The molecule has 0 atom stereocenters. The molecule has 4 rings (SSSR count). The maximum atomic E-state index is 13.8. The molecule has 0 aliphatic rings. The van der Waals surface area contributed by atoms with E-state index in [1.165, 1.54) is 22.7 Å². The first-order valence-corrected chi connectivity index (χ1v) is 12.9. The number of nitrogen functional groups attached to an aromatic ring is 1. The Morgan fingerprint density at radius 3 is 2.42 bits per heavy atom. The summed E-state index contributed by atoms with van der Waals surface area (Å²) in [6, 6.07) is 7.16. The van der Waals surface area contributed by atoms with E-state index < -0.39 is 5.97 Å². The van der Waals surface area contributed by atoms with Crippen LogP contribution in [0.3, 0.4) is 0 Å². The van der Waals surface area contributed by atoms with Gasteiger partial charge in [-0.2, -0.15) is 0 Å². The summed E-state index contributed by atoms with van der Waals surface area (Å²) in [5.41, 5.74) is 7.76. The van der Waals surface area contributed by atoms with Crippen molar-refractivity contribution in [3.8, 4) is 5.69 Å². The van der Waals surface area contributed by atoms with E-state index in [1.54, 1.807) is 23.6 Å². The van der Waals surface area contributed by atoms with Crippen LogP contribution in [0.2, 0.25) is 5.02 Å². The monoisotopic (exact) mass is 504 g/mol. The number of nitrogens with zero attached hydrogens (tertiary/aromatic N) is 3. The van der Waals surface area contributed by atoms with Crippen molar-refractivity contribution in [1.82, 2.24) is 9.55 Å². The first-order valence-electron chi connectivity index (χ1n) is 10.9. The Hall–Kier alpha value is -2.62. The molecule has 0 spiro atoms. The van der Waals surface area contributed by atoms with E-state index in [-0.39, 0.29) is 12.2 Å². The Labute approximate surface area is 204 Å². The highest BCUT2D eigenvalue weighted by Crippen LogP contribution is 2.43. The molecule has 0 saturated carbocycles. The van der Waals surface area contributed by atoms with Gasteiger partial charge in [0.1, 0.15) is 15.1 Å². The number of halogens is 1. The van der Waals surface area contributed by atoms with Crippen LogP contribution in [0.25, 0.3) is 25.3 Å². The number of rotatable bonds is 8. The quantitative estimate of drug-likeness (QED) is 0.309. The molecule has 1 aromatic carbocycles. The third-order valence-corrected chi connectivity index (χ3v) is 7.88. The molecule has 0 aliphatic carbocycles. The fourth-order valence-electron chi connectivity index (χ4n) is 3.80. The van der Waals surface area contributed by atoms with Crippen molar-refractivity contribution in [2.75, 3.05) is 30.3 Å². The first kappa shape index (κ1) is 23.5. The van der Waals surface area contributed by atoms with Gasteiger partial charge in [-0.25, -0.2) is 14.3 Å². The van der Waals surface area contributed by atoms with E-state index >= 15 is 0 Å². The van der Waals surface area contributed by atoms with Gasteiger partial charge in [0.15, 0.2) is 0 Å². The molecule has 3 aromatic heterocycles. The first-order chi connectivity index (χ1) is 15.9. The molecule has 174 valence electrons. The number of thiophene rings is 2. The van der Waals surface area contributed by atoms with E-state index in [4.69, 9.17) is 27.1 Å². The highest BCUT2D eigenvalue weighted by Gasteiger charge is 2.26. The lowest BCUT2D eigenvalue weighted by molar-refractivity contribution is 0.0533. The maximum Gasteiger partial charge on any atom is 0.350 e. The van der Waals surface area contributed by atoms with E-state index in [9.17, 15) is 9.59 Å². The van der Waals surface area contributed by atoms with Crippen molar-refractivity contribution in [2.24, 2.45) is 0 Å². The lowest BCUT2D eigenvalue weighted by Gasteiger charge is -2.25. The van der Waals surface area contributed by atoms with E-state index in [2.05, 4.69) is 18.7 Å². The van der Waals surface area contributed by atoms with Crippen molar-refractivity contribution in [1.29, 1.82) is 0 Å². The second-order valence-corrected chi connectivity index (χ2v) is 10.3. The minimum absolute atomic E-state index is 0.167. The van der Waals surface area contributed by atoms with Crippen molar-refractivity contribution in [3.05, 3.63) is 44.5 Å². The van der Waals surface area contributed by atoms with Gasteiger partial charge in [0.05, 0.1) is 27.4 Å². The third kappa shape index (κ3) is 4.20. The number of carbonyl (C=O) groups is 1. The molecule has 0 bridgehead atoms. The minimum Gasteiger partial charge on any atom is -0.462 e. The van der Waals surface area contributed by atoms with Crippen molar-refractivity contribution < 1.29 is 9.53 Å². The minimum atomic E-state index is -0.454. The van der Waals surface area contributed by atoms with Gasteiger partial charge in [0, 0.05) is 18.1 Å². The second kappa shape index (κ2) is 9.70. The van der Waals surface area contributed by atoms with Gasteiger partial charge in [0.2, 0.25) is 5.95 Å². The summed E-state index contributed by atoms with van der Waals surface area (Å²) in [6.07, 6.45) is 1.81. The Morgan fingerprint density at radius 2 is 1.82 bits per heavy atom. The zero-order chi connectivity index (χ0) is 23.7. The molecular weight excluding hydrogens is 480 g/mol. The van der Waals surface area contributed by atoms with Crippen molar-refractivity contribution >= 4 is 71.5 Å². The molecule has 0 unspecified atom stereocenters. The standard InChI is InChI=1S/C23H25ClN4O3S2/c1-4-11-27(12-5-2)23-26-17-15-16(25)18(21(30)31-6-3)32-22(15)33-19(17)20(29)28(23)14-9-7-13(24)8-10-14/h7-10H,4-6,11-12,25H2,1-3H3. The van der Waals surface area contributed by atoms with Crippen LogP contribution in [-0.4, -0.2) is 35.2 Å². The maximum absolute atomic E-state index is 13.8. The number of aromatic nitrogens is 2. The van der Waals surface area contributed by atoms with Crippen LogP contribution >= 0.6 is 34.3 Å². The van der Waals surface area contributed by atoms with Gasteiger partial charge in [0.25, 0.3) is 5.56 Å². The molecular formula is C23H25ClN4O3S2. The van der Waals surface area contributed by atoms with Crippen LogP contribution < -0.4 is 16.2 Å². The Balaban J connectivity index is 2.04. The number of fused-ring (bicyclic) bond motifs is 3. The normalized spacial score (nSPS) is 11.4. The summed E-state index contributed by atoms with van der Waals surface area (Å²) in [7, 11) is 0. The molecule has 0 fully saturated rings. The molecule has 0 saturated heterocycles. The fraction of sp³-hybridized carbons (Fsp3) is 0.348. The van der Waals surface area contributed by atoms with Crippen molar-refractivity contribution in [3.63, 3.8) is 0 Å². The topological polar surface area (TPSA) is 90.5 Å². The number of hydrogen-bond acceptors (Lipinski definition) is 8. The van der Waals surface area contributed by atoms with Crippen LogP contribution in [0.5, 0.6) is 0 Å². The smallest absolute Gasteiger partial charge is 0.350 e. The van der Waals surface area contributed by atoms with Gasteiger partial charge in [-0.05, 0) is 44.0 Å². The zero-order valence-electron chi connectivity index (χ0n) is 18.7. The Morgan fingerprint density at radius 1 is 1.15 bits per heavy atom. The average molecular weight is 505 g/mol. The molecule has 4 aromatic rings. The number of nitrogens with two attached hydrogens (primary N) is 1. The number of benzene rings is 1. The number of hydrogen-bond donors (Lipinski definition) is 1. The highest BCUT2D eigenvalue weighted by atomic mass is 35.5. The Bertz CT molecular complexity index is 1370. The summed E-state index contributed by atoms with van der Waals surface area (Å²) < 4.78 is 8.08. The molecule has 0 radical (unpaired) electrons. The van der Waals surface area contributed by atoms with Crippen LogP contribution in [0, 0.1) is 0 Å². The van der Waals surface area contributed by atoms with Crippen LogP contribution in [-0.2, 0) is 4.74 Å². The lowest BCUT2D eigenvalue weighted by atomic mass is 10.2. The molecule has 33 heavy (non-hydrogen) atoms. The number of carbonyl (C=O) groups excluding carboxylic acids is 1. The van der Waals surface area contributed by atoms with E-state index in [1.807, 2.05) is 12.1 Å². The summed E-state index contributed by atoms with van der Waals surface area (Å²) in [4.78, 5) is 33.6. The second-order valence-electron chi connectivity index (χ2n) is 7.52. The molecule has 2 N–H and O–H groups in total. The summed E-state index contributed by atoms with van der Waals surface area (Å²) in [6.45, 7) is 7.71. The number of anilines is 2. The fourth-order valence-corrected chi connectivity index (χ4v) is 6.36. The molecule has 10 heteroatoms. The lowest BCUT2D eigenvalue weighted by Crippen LogP contribution is -2.33. The van der Waals surface area contributed by atoms with Crippen LogP contribution in [0.4, 0.5) is 11.6 Å². The van der Waals surface area contributed by atoms with Crippen molar-refractivity contribution in [2.45, 2.75) is 33.6 Å². The SMILES string of the molecule is CCCN(CCC)c1nc2c(sc3sc(C(=O)OCC)c(N)c32)c(=O)n1-c1ccc(Cl)cc1. The largest absolute Gasteiger partial charge is 0.462 e. The van der Waals surface area contributed by atoms with Gasteiger partial charge < -0.3 is 15.4 Å². The predicted molar refractivity (Wildman–Crippen MR) is 139 cm³/mol. The zero-order valence-corrected chi connectivity index (χ0v) is 21.1. The number of esters is 1. The van der Waals surface area contributed by atoms with Gasteiger partial charge in [-0.1, -0.05) is 25.4 Å². The summed E-state index contributed by atoms with van der Waals surface area (Å²) >= 11 is 8.65. The van der Waals surface area contributed by atoms with Gasteiger partial charge in [-0.15, -0.1) is 22.7 Å². The predicted octanol–water partition coefficient (Wildman–Crippen LogP) is 5.70. The molecule has 0 aliphatic heterocycles. The van der Waals surface area contributed by atoms with Crippen LogP contribution in [0.1, 0.15) is 43.3 Å². The summed E-state index contributed by atoms with van der Waals surface area (Å²) in [5, 5.41) is 1.25.